The van der Waals surface area contributed by atoms with Gasteiger partial charge in [-0.2, -0.15) is 13.2 Å². The Balaban J connectivity index is 2.34. The van der Waals surface area contributed by atoms with Crippen LogP contribution in [0.15, 0.2) is 29.6 Å². The number of aryl methyl sites for hydroxylation is 1. The zero-order chi connectivity index (χ0) is 15.6. The molecule has 1 aromatic heterocycles. The first-order valence-corrected chi connectivity index (χ1v) is 7.05. The van der Waals surface area contributed by atoms with Crippen molar-refractivity contribution in [2.24, 2.45) is 0 Å². The summed E-state index contributed by atoms with van der Waals surface area (Å²) in [6, 6.07) is 5.08. The van der Waals surface area contributed by atoms with E-state index in [1.165, 1.54) is 17.4 Å². The molecule has 21 heavy (non-hydrogen) atoms. The number of alkyl halides is 3. The Morgan fingerprint density at radius 1 is 1.33 bits per heavy atom. The monoisotopic (exact) mass is 314 g/mol. The maximum Gasteiger partial charge on any atom is 0.418 e. The molecular formula is C14H13F3N2OS. The lowest BCUT2D eigenvalue weighted by atomic mass is 10.1. The van der Waals surface area contributed by atoms with Crippen LogP contribution >= 0.6 is 11.3 Å². The van der Waals surface area contributed by atoms with E-state index in [9.17, 15) is 18.0 Å². The van der Waals surface area contributed by atoms with Crippen LogP contribution in [0.4, 0.5) is 24.5 Å². The van der Waals surface area contributed by atoms with Crippen LogP contribution in [0.25, 0.3) is 0 Å². The molecule has 0 spiro atoms. The minimum atomic E-state index is -4.58. The van der Waals surface area contributed by atoms with Crippen molar-refractivity contribution in [1.82, 2.24) is 0 Å². The summed E-state index contributed by atoms with van der Waals surface area (Å²) in [6.07, 6.45) is -3.94. The highest BCUT2D eigenvalue weighted by molar-refractivity contribution is 7.12. The molecule has 2 aromatic rings. The predicted octanol–water partition coefficient (Wildman–Crippen LogP) is 4.16. The van der Waals surface area contributed by atoms with Gasteiger partial charge in [0, 0.05) is 5.69 Å². The van der Waals surface area contributed by atoms with Crippen LogP contribution in [0.3, 0.4) is 0 Å². The molecule has 0 fully saturated rings. The third-order valence-corrected chi connectivity index (χ3v) is 3.89. The van der Waals surface area contributed by atoms with Crippen molar-refractivity contribution in [2.45, 2.75) is 19.5 Å². The summed E-state index contributed by atoms with van der Waals surface area (Å²) in [5, 5.41) is 4.05. The van der Waals surface area contributed by atoms with Gasteiger partial charge in [0.15, 0.2) is 0 Å². The SMILES string of the molecule is CCc1ccsc1C(=O)Nc1ccc(N)cc1C(F)(F)F. The summed E-state index contributed by atoms with van der Waals surface area (Å²) in [5.74, 6) is -0.544. The van der Waals surface area contributed by atoms with Gasteiger partial charge in [-0.1, -0.05) is 6.92 Å². The van der Waals surface area contributed by atoms with Gasteiger partial charge in [-0.15, -0.1) is 11.3 Å². The fourth-order valence-electron chi connectivity index (χ4n) is 1.90. The van der Waals surface area contributed by atoms with E-state index in [4.69, 9.17) is 5.73 Å². The molecule has 1 amide bonds. The average Bonchev–Trinajstić information content (AvgIpc) is 2.88. The van der Waals surface area contributed by atoms with Crippen LogP contribution < -0.4 is 11.1 Å². The van der Waals surface area contributed by atoms with E-state index in [2.05, 4.69) is 5.32 Å². The minimum absolute atomic E-state index is 0.00862. The number of carbonyl (C=O) groups excluding carboxylic acids is 1. The quantitative estimate of drug-likeness (QED) is 0.836. The van der Waals surface area contributed by atoms with Crippen molar-refractivity contribution in [1.29, 1.82) is 0 Å². The molecule has 0 aliphatic heterocycles. The number of nitrogens with one attached hydrogen (secondary N) is 1. The normalized spacial score (nSPS) is 11.4. The Labute approximate surface area is 123 Å². The molecule has 3 N–H and O–H groups in total. The van der Waals surface area contributed by atoms with Crippen molar-refractivity contribution in [3.05, 3.63) is 45.6 Å². The van der Waals surface area contributed by atoms with E-state index >= 15 is 0 Å². The largest absolute Gasteiger partial charge is 0.418 e. The van der Waals surface area contributed by atoms with Crippen molar-refractivity contribution in [3.8, 4) is 0 Å². The van der Waals surface area contributed by atoms with Crippen LogP contribution in [0, 0.1) is 0 Å². The first kappa shape index (κ1) is 15.4. The number of carbonyl (C=O) groups is 1. The molecule has 0 bridgehead atoms. The molecule has 0 aliphatic rings. The molecule has 0 aliphatic carbocycles. The second kappa shape index (κ2) is 5.77. The summed E-state index contributed by atoms with van der Waals surface area (Å²) in [4.78, 5) is 12.5. The van der Waals surface area contributed by atoms with Gasteiger partial charge < -0.3 is 11.1 Å². The number of nitrogen functional groups attached to an aromatic ring is 1. The van der Waals surface area contributed by atoms with Crippen LogP contribution in [0.1, 0.15) is 27.7 Å². The van der Waals surface area contributed by atoms with Crippen LogP contribution in [0.5, 0.6) is 0 Å². The first-order chi connectivity index (χ1) is 9.82. The van der Waals surface area contributed by atoms with Gasteiger partial charge in [0.1, 0.15) is 0 Å². The zero-order valence-electron chi connectivity index (χ0n) is 11.1. The smallest absolute Gasteiger partial charge is 0.399 e. The second-order valence-corrected chi connectivity index (χ2v) is 5.30. The number of hydrogen-bond donors (Lipinski definition) is 2. The predicted molar refractivity (Wildman–Crippen MR) is 77.5 cm³/mol. The Hall–Kier alpha value is -2.02. The summed E-state index contributed by atoms with van der Waals surface area (Å²) in [5.41, 5.74) is 4.94. The fourth-order valence-corrected chi connectivity index (χ4v) is 2.79. The Kier molecular flexibility index (Phi) is 4.22. The van der Waals surface area contributed by atoms with E-state index in [1.54, 1.807) is 11.4 Å². The van der Waals surface area contributed by atoms with Gasteiger partial charge in [-0.25, -0.2) is 0 Å². The van der Waals surface area contributed by atoms with E-state index in [-0.39, 0.29) is 11.4 Å². The molecule has 7 heteroatoms. The second-order valence-electron chi connectivity index (χ2n) is 4.39. The van der Waals surface area contributed by atoms with Crippen molar-refractivity contribution in [3.63, 3.8) is 0 Å². The third kappa shape index (κ3) is 3.36. The zero-order valence-corrected chi connectivity index (χ0v) is 11.9. The first-order valence-electron chi connectivity index (χ1n) is 6.17. The lowest BCUT2D eigenvalue weighted by molar-refractivity contribution is -0.136. The minimum Gasteiger partial charge on any atom is -0.399 e. The lowest BCUT2D eigenvalue weighted by Crippen LogP contribution is -2.17. The number of thiophene rings is 1. The summed E-state index contributed by atoms with van der Waals surface area (Å²) >= 11 is 1.20. The molecule has 3 nitrogen and oxygen atoms in total. The maximum atomic E-state index is 13.0. The van der Waals surface area contributed by atoms with Crippen molar-refractivity contribution >= 4 is 28.6 Å². The van der Waals surface area contributed by atoms with Crippen molar-refractivity contribution < 1.29 is 18.0 Å². The van der Waals surface area contributed by atoms with Gasteiger partial charge in [0.05, 0.1) is 16.1 Å². The van der Waals surface area contributed by atoms with Gasteiger partial charge in [-0.05, 0) is 41.6 Å². The summed E-state index contributed by atoms with van der Waals surface area (Å²) in [7, 11) is 0. The molecule has 2 rings (SSSR count). The van der Waals surface area contributed by atoms with Crippen molar-refractivity contribution in [2.75, 3.05) is 11.1 Å². The highest BCUT2D eigenvalue weighted by atomic mass is 32.1. The Morgan fingerprint density at radius 3 is 2.67 bits per heavy atom. The molecule has 1 aromatic carbocycles. The molecule has 112 valence electrons. The summed E-state index contributed by atoms with van der Waals surface area (Å²) < 4.78 is 38.9. The number of rotatable bonds is 3. The van der Waals surface area contributed by atoms with Gasteiger partial charge in [0.25, 0.3) is 5.91 Å². The maximum absolute atomic E-state index is 13.0. The molecule has 0 saturated carbocycles. The highest BCUT2D eigenvalue weighted by Crippen LogP contribution is 2.36. The molecule has 0 unspecified atom stereocenters. The number of anilines is 2. The van der Waals surface area contributed by atoms with Crippen LogP contribution in [0.2, 0.25) is 0 Å². The molecular weight excluding hydrogens is 301 g/mol. The number of benzene rings is 1. The highest BCUT2D eigenvalue weighted by Gasteiger charge is 2.34. The third-order valence-electron chi connectivity index (χ3n) is 2.93. The number of halogens is 3. The van der Waals surface area contributed by atoms with Gasteiger partial charge in [-0.3, -0.25) is 4.79 Å². The lowest BCUT2D eigenvalue weighted by Gasteiger charge is -2.14. The van der Waals surface area contributed by atoms with Gasteiger partial charge >= 0.3 is 6.18 Å². The molecule has 0 radical (unpaired) electrons. The topological polar surface area (TPSA) is 55.1 Å². The van der Waals surface area contributed by atoms with E-state index in [0.29, 0.717) is 11.3 Å². The molecule has 0 atom stereocenters. The molecule has 0 saturated heterocycles. The van der Waals surface area contributed by atoms with Crippen LogP contribution in [-0.4, -0.2) is 5.91 Å². The summed E-state index contributed by atoms with van der Waals surface area (Å²) in [6.45, 7) is 1.88. The Morgan fingerprint density at radius 2 is 2.05 bits per heavy atom. The standard InChI is InChI=1S/C14H13F3N2OS/c1-2-8-5-6-21-12(8)13(20)19-11-4-3-9(18)7-10(11)14(15,16)17/h3-7H,2,18H2,1H3,(H,19,20). The Bertz CT molecular complexity index is 664. The average molecular weight is 314 g/mol. The van der Waals surface area contributed by atoms with E-state index in [1.807, 2.05) is 6.92 Å². The number of nitrogens with two attached hydrogens (primary N) is 1. The van der Waals surface area contributed by atoms with Crippen LogP contribution in [-0.2, 0) is 12.6 Å². The fraction of sp³-hybridized carbons (Fsp3) is 0.214. The van der Waals surface area contributed by atoms with Gasteiger partial charge in [0.2, 0.25) is 0 Å². The number of hydrogen-bond acceptors (Lipinski definition) is 3. The van der Waals surface area contributed by atoms with E-state index in [0.717, 1.165) is 17.7 Å². The number of amides is 1. The molecule has 1 heterocycles. The van der Waals surface area contributed by atoms with E-state index < -0.39 is 17.6 Å².